The first-order chi connectivity index (χ1) is 14.6. The molecule has 1 unspecified atom stereocenters. The molecule has 0 saturated carbocycles. The Bertz CT molecular complexity index is 787. The summed E-state index contributed by atoms with van der Waals surface area (Å²) in [5.41, 5.74) is 0.674. The van der Waals surface area contributed by atoms with Gasteiger partial charge >= 0.3 is 6.09 Å². The summed E-state index contributed by atoms with van der Waals surface area (Å²) < 4.78 is 10.5. The molecule has 1 saturated heterocycles. The monoisotopic (exact) mass is 432 g/mol. The van der Waals surface area contributed by atoms with Gasteiger partial charge in [0.1, 0.15) is 6.61 Å². The summed E-state index contributed by atoms with van der Waals surface area (Å²) in [6.45, 7) is 7.72. The highest BCUT2D eigenvalue weighted by atomic mass is 16.6. The lowest BCUT2D eigenvalue weighted by Gasteiger charge is -2.24. The van der Waals surface area contributed by atoms with Crippen LogP contribution in [-0.4, -0.2) is 61.0 Å². The second kappa shape index (κ2) is 11.0. The summed E-state index contributed by atoms with van der Waals surface area (Å²) in [5.74, 6) is -0.814. The summed E-state index contributed by atoms with van der Waals surface area (Å²) >= 11 is 0. The normalized spacial score (nSPS) is 17.5. The smallest absolute Gasteiger partial charge is 0.407 e. The Morgan fingerprint density at radius 1 is 1.13 bits per heavy atom. The number of carbonyl (C=O) groups excluding carboxylic acids is 4. The highest BCUT2D eigenvalue weighted by Gasteiger charge is 2.44. The van der Waals surface area contributed by atoms with Gasteiger partial charge in [0.25, 0.3) is 0 Å². The van der Waals surface area contributed by atoms with Gasteiger partial charge in [0.05, 0.1) is 31.7 Å². The Morgan fingerprint density at radius 2 is 1.81 bits per heavy atom. The first-order valence-corrected chi connectivity index (χ1v) is 10.5. The van der Waals surface area contributed by atoms with Gasteiger partial charge in [-0.05, 0) is 24.3 Å². The van der Waals surface area contributed by atoms with Crippen LogP contribution < -0.4 is 5.32 Å². The molecule has 8 heteroatoms. The Morgan fingerprint density at radius 3 is 2.39 bits per heavy atom. The fraction of sp³-hybridized carbons (Fsp3) is 0.565. The van der Waals surface area contributed by atoms with Crippen LogP contribution in [-0.2, 0) is 30.3 Å². The number of Topliss-reactive ketones (excluding diaryl/α,β-unsaturated/α-hetero) is 1. The molecular weight excluding hydrogens is 400 g/mol. The molecule has 170 valence electrons. The van der Waals surface area contributed by atoms with E-state index in [9.17, 15) is 19.2 Å². The molecule has 0 aliphatic carbocycles. The van der Waals surface area contributed by atoms with Crippen LogP contribution in [0.2, 0.25) is 0 Å². The summed E-state index contributed by atoms with van der Waals surface area (Å²) in [7, 11) is 0. The van der Waals surface area contributed by atoms with E-state index in [4.69, 9.17) is 9.47 Å². The number of nitrogens with zero attached hydrogens (tertiary/aromatic N) is 1. The topological polar surface area (TPSA) is 102 Å². The summed E-state index contributed by atoms with van der Waals surface area (Å²) in [5, 5.41) is 2.57. The van der Waals surface area contributed by atoms with Crippen molar-refractivity contribution in [2.45, 2.75) is 46.6 Å². The Balaban J connectivity index is 1.66. The fourth-order valence-corrected chi connectivity index (χ4v) is 3.38. The van der Waals surface area contributed by atoms with E-state index >= 15 is 0 Å². The van der Waals surface area contributed by atoms with Crippen LogP contribution in [0.1, 0.15) is 39.7 Å². The molecule has 2 atom stereocenters. The van der Waals surface area contributed by atoms with Crippen molar-refractivity contribution in [2.75, 3.05) is 26.4 Å². The average Bonchev–Trinajstić information content (AvgIpc) is 2.99. The Hall–Kier alpha value is -2.74. The maximum absolute atomic E-state index is 12.4. The van der Waals surface area contributed by atoms with Crippen LogP contribution in [0.25, 0.3) is 0 Å². The fourth-order valence-electron chi connectivity index (χ4n) is 3.38. The molecule has 2 rings (SSSR count). The maximum Gasteiger partial charge on any atom is 0.407 e. The van der Waals surface area contributed by atoms with Crippen LogP contribution in [0.4, 0.5) is 4.79 Å². The molecule has 3 amide bonds. The first-order valence-electron chi connectivity index (χ1n) is 10.5. The first kappa shape index (κ1) is 24.5. The number of hydrogen-bond acceptors (Lipinski definition) is 6. The SMILES string of the molecule is CC(=O)[C@H](Cc1ccccc1)NC(=O)OCCOCCN1C(=O)CC(C(C)(C)C)C1=O. The number of carbonyl (C=O) groups is 4. The number of nitrogens with one attached hydrogen (secondary N) is 1. The van der Waals surface area contributed by atoms with Crippen molar-refractivity contribution in [1.82, 2.24) is 10.2 Å². The van der Waals surface area contributed by atoms with Crippen molar-refractivity contribution in [3.05, 3.63) is 35.9 Å². The molecule has 1 aliphatic rings. The van der Waals surface area contributed by atoms with Crippen LogP contribution in [0.15, 0.2) is 30.3 Å². The molecule has 0 aromatic heterocycles. The van der Waals surface area contributed by atoms with Gasteiger partial charge in [-0.3, -0.25) is 19.3 Å². The van der Waals surface area contributed by atoms with Gasteiger partial charge in [-0.2, -0.15) is 0 Å². The minimum atomic E-state index is -0.697. The van der Waals surface area contributed by atoms with Gasteiger partial charge in [-0.25, -0.2) is 4.79 Å². The second-order valence-corrected chi connectivity index (χ2v) is 8.75. The Kier molecular flexibility index (Phi) is 8.74. The van der Waals surface area contributed by atoms with Gasteiger partial charge in [-0.15, -0.1) is 0 Å². The lowest BCUT2D eigenvalue weighted by molar-refractivity contribution is -0.141. The Labute approximate surface area is 183 Å². The molecule has 0 spiro atoms. The molecule has 1 aliphatic heterocycles. The number of hydrogen-bond donors (Lipinski definition) is 1. The highest BCUT2D eigenvalue weighted by Crippen LogP contribution is 2.35. The number of benzene rings is 1. The van der Waals surface area contributed by atoms with Gasteiger partial charge < -0.3 is 14.8 Å². The van der Waals surface area contributed by atoms with Crippen molar-refractivity contribution in [2.24, 2.45) is 11.3 Å². The lowest BCUT2D eigenvalue weighted by Crippen LogP contribution is -2.42. The number of amides is 3. The number of ketones is 1. The zero-order valence-electron chi connectivity index (χ0n) is 18.7. The average molecular weight is 433 g/mol. The van der Waals surface area contributed by atoms with Crippen molar-refractivity contribution < 1.29 is 28.7 Å². The van der Waals surface area contributed by atoms with Crippen LogP contribution in [0.5, 0.6) is 0 Å². The number of imide groups is 1. The summed E-state index contributed by atoms with van der Waals surface area (Å²) in [6.07, 6.45) is -0.0844. The molecule has 0 bridgehead atoms. The van der Waals surface area contributed by atoms with E-state index in [-0.39, 0.29) is 61.7 Å². The quantitative estimate of drug-likeness (QED) is 0.450. The third-order valence-electron chi connectivity index (χ3n) is 5.27. The van der Waals surface area contributed by atoms with Crippen molar-refractivity contribution >= 4 is 23.7 Å². The van der Waals surface area contributed by atoms with Crippen molar-refractivity contribution in [1.29, 1.82) is 0 Å². The largest absolute Gasteiger partial charge is 0.447 e. The molecule has 31 heavy (non-hydrogen) atoms. The van der Waals surface area contributed by atoms with Crippen LogP contribution in [0, 0.1) is 11.3 Å². The molecule has 8 nitrogen and oxygen atoms in total. The van der Waals surface area contributed by atoms with E-state index < -0.39 is 12.1 Å². The van der Waals surface area contributed by atoms with Crippen LogP contribution in [0.3, 0.4) is 0 Å². The summed E-state index contributed by atoms with van der Waals surface area (Å²) in [4.78, 5) is 49.5. The number of rotatable bonds is 10. The van der Waals surface area contributed by atoms with E-state index in [0.717, 1.165) is 5.56 Å². The van der Waals surface area contributed by atoms with Crippen molar-refractivity contribution in [3.63, 3.8) is 0 Å². The third kappa shape index (κ3) is 7.47. The zero-order chi connectivity index (χ0) is 23.0. The molecule has 1 N–H and O–H groups in total. The van der Waals surface area contributed by atoms with E-state index in [1.165, 1.54) is 11.8 Å². The molecule has 0 radical (unpaired) electrons. The van der Waals surface area contributed by atoms with Gasteiger partial charge in [0, 0.05) is 6.42 Å². The maximum atomic E-state index is 12.4. The molecule has 1 fully saturated rings. The molecular formula is C23H32N2O6. The highest BCUT2D eigenvalue weighted by molar-refractivity contribution is 6.03. The minimum Gasteiger partial charge on any atom is -0.447 e. The zero-order valence-corrected chi connectivity index (χ0v) is 18.7. The van der Waals surface area contributed by atoms with Gasteiger partial charge in [-0.1, -0.05) is 51.1 Å². The van der Waals surface area contributed by atoms with Gasteiger partial charge in [0.2, 0.25) is 11.8 Å². The number of ether oxygens (including phenoxy) is 2. The van der Waals surface area contributed by atoms with E-state index in [0.29, 0.717) is 6.42 Å². The van der Waals surface area contributed by atoms with Gasteiger partial charge in [0.15, 0.2) is 5.78 Å². The summed E-state index contributed by atoms with van der Waals surface area (Å²) in [6, 6.07) is 8.72. The standard InChI is InChI=1S/C23H32N2O6/c1-16(26)19(14-17-8-6-5-7-9-17)24-22(29)31-13-12-30-11-10-25-20(27)15-18(21(25)28)23(2,3)4/h5-9,18-19H,10-15H2,1-4H3,(H,24,29)/t18?,19-/m0/s1. The second-order valence-electron chi connectivity index (χ2n) is 8.75. The van der Waals surface area contributed by atoms with E-state index in [1.807, 2.05) is 51.1 Å². The minimum absolute atomic E-state index is 0.00565. The number of likely N-dealkylation sites (tertiary alicyclic amines) is 1. The molecule has 1 heterocycles. The van der Waals surface area contributed by atoms with Crippen LogP contribution >= 0.6 is 0 Å². The van der Waals surface area contributed by atoms with Crippen molar-refractivity contribution in [3.8, 4) is 0 Å². The number of alkyl carbamates (subject to hydrolysis) is 1. The third-order valence-corrected chi connectivity index (χ3v) is 5.27. The predicted octanol–water partition coefficient (Wildman–Crippen LogP) is 2.35. The molecule has 1 aromatic rings. The molecule has 1 aromatic carbocycles. The lowest BCUT2D eigenvalue weighted by atomic mass is 9.80. The van der Waals surface area contributed by atoms with E-state index in [2.05, 4.69) is 5.32 Å². The predicted molar refractivity (Wildman–Crippen MR) is 114 cm³/mol. The van der Waals surface area contributed by atoms with E-state index in [1.54, 1.807) is 0 Å².